The summed E-state index contributed by atoms with van der Waals surface area (Å²) in [4.78, 5) is 45.7. The normalized spacial score (nSPS) is 14.4. The molecule has 6 rings (SSSR count). The molecule has 1 aliphatic heterocycles. The van der Waals surface area contributed by atoms with Gasteiger partial charge in [0.25, 0.3) is 5.56 Å². The second kappa shape index (κ2) is 13.7. The van der Waals surface area contributed by atoms with E-state index in [2.05, 4.69) is 4.57 Å². The minimum Gasteiger partial charge on any atom is -0.497 e. The van der Waals surface area contributed by atoms with Gasteiger partial charge in [0.2, 0.25) is 0 Å². The smallest absolute Gasteiger partial charge is 0.338 e. The number of fused-ring (bicyclic) bond motifs is 1. The predicted molar refractivity (Wildman–Crippen MR) is 185 cm³/mol. The molecular formula is C38H35N3O6S. The molecule has 1 atom stereocenters. The Morgan fingerprint density at radius 2 is 1.60 bits per heavy atom. The minimum absolute atomic E-state index is 0.167. The van der Waals surface area contributed by atoms with Crippen LogP contribution in [0.4, 0.5) is 0 Å². The van der Waals surface area contributed by atoms with Gasteiger partial charge in [0.1, 0.15) is 5.75 Å². The van der Waals surface area contributed by atoms with Crippen molar-refractivity contribution in [1.82, 2.24) is 9.13 Å². The van der Waals surface area contributed by atoms with E-state index < -0.39 is 12.0 Å². The average Bonchev–Trinajstić information content (AvgIpc) is 3.57. The van der Waals surface area contributed by atoms with Gasteiger partial charge in [-0.05, 0) is 87.4 Å². The van der Waals surface area contributed by atoms with Crippen molar-refractivity contribution in [2.45, 2.75) is 33.7 Å². The number of thiazole rings is 1. The highest BCUT2D eigenvalue weighted by Crippen LogP contribution is 2.36. The molecule has 48 heavy (non-hydrogen) atoms. The number of esters is 2. The molecular weight excluding hydrogens is 627 g/mol. The summed E-state index contributed by atoms with van der Waals surface area (Å²) in [6.45, 7) is 7.98. The Labute approximate surface area is 281 Å². The first kappa shape index (κ1) is 32.5. The highest BCUT2D eigenvalue weighted by atomic mass is 32.1. The lowest BCUT2D eigenvalue weighted by Crippen LogP contribution is -2.40. The fourth-order valence-electron chi connectivity index (χ4n) is 6.00. The van der Waals surface area contributed by atoms with Crippen LogP contribution in [0.15, 0.2) is 100 Å². The third-order valence-corrected chi connectivity index (χ3v) is 9.16. The molecule has 3 aromatic carbocycles. The zero-order valence-electron chi connectivity index (χ0n) is 27.4. The molecule has 0 fully saturated rings. The first-order valence-corrected chi connectivity index (χ1v) is 16.5. The van der Waals surface area contributed by atoms with Gasteiger partial charge in [-0.25, -0.2) is 14.6 Å². The molecule has 0 bridgehead atoms. The molecule has 0 amide bonds. The Morgan fingerprint density at radius 3 is 2.29 bits per heavy atom. The third kappa shape index (κ3) is 6.02. The van der Waals surface area contributed by atoms with Gasteiger partial charge < -0.3 is 18.8 Å². The number of benzene rings is 3. The van der Waals surface area contributed by atoms with E-state index in [9.17, 15) is 14.4 Å². The Hall–Kier alpha value is -5.48. The van der Waals surface area contributed by atoms with E-state index in [-0.39, 0.29) is 23.7 Å². The molecule has 2 aromatic heterocycles. The van der Waals surface area contributed by atoms with Gasteiger partial charge in [-0.3, -0.25) is 9.36 Å². The molecule has 10 heteroatoms. The van der Waals surface area contributed by atoms with Crippen molar-refractivity contribution < 1.29 is 23.8 Å². The molecule has 9 nitrogen and oxygen atoms in total. The van der Waals surface area contributed by atoms with E-state index in [1.54, 1.807) is 37.7 Å². The molecule has 244 valence electrons. The largest absolute Gasteiger partial charge is 0.497 e. The number of rotatable bonds is 9. The Balaban J connectivity index is 1.53. The topological polar surface area (TPSA) is 101 Å². The number of carbonyl (C=O) groups excluding carboxylic acids is 2. The van der Waals surface area contributed by atoms with Crippen LogP contribution in [0.2, 0.25) is 0 Å². The summed E-state index contributed by atoms with van der Waals surface area (Å²) in [6.07, 6.45) is 1.87. The lowest BCUT2D eigenvalue weighted by atomic mass is 9.93. The molecule has 0 spiro atoms. The number of methoxy groups -OCH3 is 1. The second-order valence-corrected chi connectivity index (χ2v) is 12.1. The van der Waals surface area contributed by atoms with Crippen LogP contribution in [0.3, 0.4) is 0 Å². The first-order valence-electron chi connectivity index (χ1n) is 15.6. The monoisotopic (exact) mass is 661 g/mol. The standard InChI is InChI=1S/C38H35N3O6S/c1-6-46-36(43)26-16-18-29(19-17-26)40-23(3)20-28(24(40)4)22-31-35(42)41-34(27-14-11-15-30(21-27)45-5)32(37(44)47-7-2)33(39-38(41)48-31)25-12-9-8-10-13-25/h8-22,34H,6-7H2,1-5H3/b31-22-/t34-/m1/s1. The summed E-state index contributed by atoms with van der Waals surface area (Å²) in [5.41, 5.74) is 5.99. The number of aromatic nitrogens is 2. The third-order valence-electron chi connectivity index (χ3n) is 8.18. The summed E-state index contributed by atoms with van der Waals surface area (Å²) in [6, 6.07) is 25.3. The molecule has 0 saturated heterocycles. The molecule has 0 saturated carbocycles. The van der Waals surface area contributed by atoms with Crippen molar-refractivity contribution >= 4 is 35.0 Å². The lowest BCUT2D eigenvalue weighted by molar-refractivity contribution is -0.138. The molecule has 0 unspecified atom stereocenters. The van der Waals surface area contributed by atoms with Crippen molar-refractivity contribution in [3.8, 4) is 11.4 Å². The first-order chi connectivity index (χ1) is 23.2. The zero-order valence-corrected chi connectivity index (χ0v) is 28.2. The Morgan fingerprint density at radius 1 is 0.896 bits per heavy atom. The van der Waals surface area contributed by atoms with E-state index in [1.807, 2.05) is 92.7 Å². The fourth-order valence-corrected chi connectivity index (χ4v) is 6.99. The van der Waals surface area contributed by atoms with Crippen molar-refractivity contribution in [1.29, 1.82) is 0 Å². The van der Waals surface area contributed by atoms with Crippen LogP contribution in [0.1, 0.15) is 58.3 Å². The van der Waals surface area contributed by atoms with E-state index in [4.69, 9.17) is 19.2 Å². The molecule has 0 radical (unpaired) electrons. The van der Waals surface area contributed by atoms with Crippen molar-refractivity contribution in [3.05, 3.63) is 144 Å². The SMILES string of the molecule is CCOC(=O)C1=C(c2ccccc2)N=c2s/c(=C\c3cc(C)n(-c4ccc(C(=O)OCC)cc4)c3C)c(=O)n2[C@@H]1c1cccc(OC)c1. The number of carbonyl (C=O) groups is 2. The average molecular weight is 662 g/mol. The summed E-state index contributed by atoms with van der Waals surface area (Å²) < 4.78 is 20.3. The predicted octanol–water partition coefficient (Wildman–Crippen LogP) is 5.53. The molecule has 3 heterocycles. The van der Waals surface area contributed by atoms with Gasteiger partial charge in [-0.15, -0.1) is 0 Å². The quantitative estimate of drug-likeness (QED) is 0.193. The van der Waals surface area contributed by atoms with Crippen LogP contribution in [-0.4, -0.2) is 41.4 Å². The van der Waals surface area contributed by atoms with Gasteiger partial charge >= 0.3 is 11.9 Å². The van der Waals surface area contributed by atoms with Crippen LogP contribution >= 0.6 is 11.3 Å². The van der Waals surface area contributed by atoms with E-state index in [1.165, 1.54) is 11.3 Å². The number of ether oxygens (including phenoxy) is 3. The molecule has 1 aliphatic rings. The van der Waals surface area contributed by atoms with Crippen LogP contribution in [0.5, 0.6) is 5.75 Å². The van der Waals surface area contributed by atoms with E-state index in [0.29, 0.717) is 38.5 Å². The number of aryl methyl sites for hydroxylation is 1. The lowest BCUT2D eigenvalue weighted by Gasteiger charge is -2.26. The Bertz CT molecular complexity index is 2230. The van der Waals surface area contributed by atoms with E-state index >= 15 is 0 Å². The highest BCUT2D eigenvalue weighted by molar-refractivity contribution is 7.07. The van der Waals surface area contributed by atoms with Crippen LogP contribution in [0.25, 0.3) is 17.5 Å². The highest BCUT2D eigenvalue weighted by Gasteiger charge is 2.35. The van der Waals surface area contributed by atoms with Gasteiger partial charge in [0, 0.05) is 22.6 Å². The number of hydrogen-bond acceptors (Lipinski definition) is 8. The van der Waals surface area contributed by atoms with Gasteiger partial charge in [0.15, 0.2) is 4.80 Å². The summed E-state index contributed by atoms with van der Waals surface area (Å²) in [5.74, 6) is -0.312. The maximum absolute atomic E-state index is 14.4. The molecule has 0 aliphatic carbocycles. The van der Waals surface area contributed by atoms with Gasteiger partial charge in [0.05, 0.1) is 47.7 Å². The van der Waals surface area contributed by atoms with Gasteiger partial charge in [-0.2, -0.15) is 0 Å². The second-order valence-electron chi connectivity index (χ2n) is 11.1. The molecule has 5 aromatic rings. The summed E-state index contributed by atoms with van der Waals surface area (Å²) in [7, 11) is 1.58. The number of nitrogens with zero attached hydrogens (tertiary/aromatic N) is 3. The minimum atomic E-state index is -0.807. The summed E-state index contributed by atoms with van der Waals surface area (Å²) in [5, 5.41) is 0. The van der Waals surface area contributed by atoms with Crippen molar-refractivity contribution in [2.24, 2.45) is 4.99 Å². The fraction of sp³-hybridized carbons (Fsp3) is 0.211. The maximum Gasteiger partial charge on any atom is 0.338 e. The summed E-state index contributed by atoms with van der Waals surface area (Å²) >= 11 is 1.27. The van der Waals surface area contributed by atoms with Crippen LogP contribution in [-0.2, 0) is 14.3 Å². The van der Waals surface area contributed by atoms with Crippen molar-refractivity contribution in [2.75, 3.05) is 20.3 Å². The Kier molecular flexibility index (Phi) is 9.27. The zero-order chi connectivity index (χ0) is 33.9. The molecule has 0 N–H and O–H groups in total. The van der Waals surface area contributed by atoms with Crippen molar-refractivity contribution in [3.63, 3.8) is 0 Å². The van der Waals surface area contributed by atoms with Gasteiger partial charge in [-0.1, -0.05) is 53.8 Å². The van der Waals surface area contributed by atoms with Crippen LogP contribution in [0, 0.1) is 13.8 Å². The maximum atomic E-state index is 14.4. The number of hydrogen-bond donors (Lipinski definition) is 0. The van der Waals surface area contributed by atoms with Crippen LogP contribution < -0.4 is 19.6 Å². The van der Waals surface area contributed by atoms with E-state index in [0.717, 1.165) is 28.2 Å².